The van der Waals surface area contributed by atoms with Crippen molar-refractivity contribution in [1.29, 1.82) is 0 Å². The van der Waals surface area contributed by atoms with Gasteiger partial charge in [-0.05, 0) is 25.2 Å². The highest BCUT2D eigenvalue weighted by Gasteiger charge is 2.42. The lowest BCUT2D eigenvalue weighted by atomic mass is 9.86. The van der Waals surface area contributed by atoms with E-state index in [9.17, 15) is 8.42 Å². The van der Waals surface area contributed by atoms with Gasteiger partial charge in [-0.3, -0.25) is 4.68 Å². The molecule has 2 aliphatic rings. The molecule has 1 aromatic heterocycles. The van der Waals surface area contributed by atoms with Crippen molar-refractivity contribution in [3.8, 4) is 0 Å². The monoisotopic (exact) mass is 299 g/mol. The van der Waals surface area contributed by atoms with Crippen molar-refractivity contribution in [2.45, 2.75) is 49.6 Å². The molecule has 1 saturated heterocycles. The molecule has 0 aromatic carbocycles. The first-order valence-electron chi connectivity index (χ1n) is 7.28. The Morgan fingerprint density at radius 2 is 2.10 bits per heavy atom. The molecule has 6 nitrogen and oxygen atoms in total. The average Bonchev–Trinajstić information content (AvgIpc) is 3.05. The number of hydrogen-bond acceptors (Lipinski definition) is 4. The topological polar surface area (TPSA) is 75.4 Å². The maximum atomic E-state index is 12.7. The number of nitrogens with zero attached hydrogens (tertiary/aromatic N) is 3. The standard InChI is InChI=1S/C13H21N3O3S/c17-8-7-15-10-12(9-14-15)20(18,19)16-6-5-11-3-1-2-4-13(11)16/h9-11,13,17H,1-8H2. The van der Waals surface area contributed by atoms with Gasteiger partial charge in [-0.1, -0.05) is 12.8 Å². The van der Waals surface area contributed by atoms with E-state index >= 15 is 0 Å². The van der Waals surface area contributed by atoms with Crippen LogP contribution in [-0.2, 0) is 16.6 Å². The smallest absolute Gasteiger partial charge is 0.246 e. The molecule has 2 atom stereocenters. The number of aliphatic hydroxyl groups excluding tert-OH is 1. The molecule has 1 aromatic rings. The van der Waals surface area contributed by atoms with Crippen molar-refractivity contribution in [2.75, 3.05) is 13.2 Å². The quantitative estimate of drug-likeness (QED) is 0.893. The summed E-state index contributed by atoms with van der Waals surface area (Å²) >= 11 is 0. The van der Waals surface area contributed by atoms with Gasteiger partial charge in [0.15, 0.2) is 0 Å². The maximum absolute atomic E-state index is 12.7. The van der Waals surface area contributed by atoms with Gasteiger partial charge in [-0.25, -0.2) is 8.42 Å². The maximum Gasteiger partial charge on any atom is 0.246 e. The van der Waals surface area contributed by atoms with E-state index in [0.717, 1.165) is 25.7 Å². The van der Waals surface area contributed by atoms with Crippen molar-refractivity contribution in [2.24, 2.45) is 5.92 Å². The Bertz CT molecular complexity index is 569. The summed E-state index contributed by atoms with van der Waals surface area (Å²) < 4.78 is 28.6. The van der Waals surface area contributed by atoms with E-state index in [-0.39, 0.29) is 17.5 Å². The summed E-state index contributed by atoms with van der Waals surface area (Å²) in [6, 6.07) is 0.176. The van der Waals surface area contributed by atoms with Crippen molar-refractivity contribution in [1.82, 2.24) is 14.1 Å². The van der Waals surface area contributed by atoms with Crippen molar-refractivity contribution in [3.05, 3.63) is 12.4 Å². The Hall–Kier alpha value is -0.920. The molecule has 0 bridgehead atoms. The fraction of sp³-hybridized carbons (Fsp3) is 0.769. The van der Waals surface area contributed by atoms with E-state index in [1.54, 1.807) is 4.31 Å². The Labute approximate surface area is 119 Å². The molecule has 0 radical (unpaired) electrons. The van der Waals surface area contributed by atoms with Gasteiger partial charge in [0.25, 0.3) is 0 Å². The van der Waals surface area contributed by atoms with Crippen LogP contribution in [0.1, 0.15) is 32.1 Å². The van der Waals surface area contributed by atoms with Gasteiger partial charge in [0.1, 0.15) is 4.90 Å². The summed E-state index contributed by atoms with van der Waals surface area (Å²) in [4.78, 5) is 0.247. The predicted octanol–water partition coefficient (Wildman–Crippen LogP) is 0.829. The van der Waals surface area contributed by atoms with Crippen LogP contribution in [0.4, 0.5) is 0 Å². The molecule has 1 N–H and O–H groups in total. The predicted molar refractivity (Wildman–Crippen MR) is 73.6 cm³/mol. The van der Waals surface area contributed by atoms with E-state index in [0.29, 0.717) is 19.0 Å². The first-order valence-corrected chi connectivity index (χ1v) is 8.72. The third-order valence-electron chi connectivity index (χ3n) is 4.50. The van der Waals surface area contributed by atoms with Crippen molar-refractivity contribution >= 4 is 10.0 Å². The third-order valence-corrected chi connectivity index (χ3v) is 6.38. The molecule has 7 heteroatoms. The van der Waals surface area contributed by atoms with Crippen LogP contribution in [0.5, 0.6) is 0 Å². The largest absolute Gasteiger partial charge is 0.394 e. The summed E-state index contributed by atoms with van der Waals surface area (Å²) in [5, 5.41) is 12.9. The number of sulfonamides is 1. The Morgan fingerprint density at radius 3 is 2.90 bits per heavy atom. The molecule has 0 spiro atoms. The molecule has 3 rings (SSSR count). The minimum atomic E-state index is -3.44. The minimum Gasteiger partial charge on any atom is -0.394 e. The van der Waals surface area contributed by atoms with Crippen LogP contribution in [0, 0.1) is 5.92 Å². The van der Waals surface area contributed by atoms with E-state index < -0.39 is 10.0 Å². The molecule has 2 fully saturated rings. The molecule has 2 unspecified atom stereocenters. The van der Waals surface area contributed by atoms with E-state index in [1.165, 1.54) is 23.5 Å². The lowest BCUT2D eigenvalue weighted by Gasteiger charge is -2.30. The van der Waals surface area contributed by atoms with Gasteiger partial charge >= 0.3 is 0 Å². The normalized spacial score (nSPS) is 27.6. The SMILES string of the molecule is O=S(=O)(c1cnn(CCO)c1)N1CCC2CCCCC21. The summed E-state index contributed by atoms with van der Waals surface area (Å²) in [6.45, 7) is 0.903. The summed E-state index contributed by atoms with van der Waals surface area (Å²) in [7, 11) is -3.44. The molecule has 2 heterocycles. The first-order chi connectivity index (χ1) is 9.63. The Balaban J connectivity index is 1.83. The fourth-order valence-electron chi connectivity index (χ4n) is 3.50. The molecule has 20 heavy (non-hydrogen) atoms. The highest BCUT2D eigenvalue weighted by atomic mass is 32.2. The first kappa shape index (κ1) is 14.0. The number of aliphatic hydroxyl groups is 1. The highest BCUT2D eigenvalue weighted by molar-refractivity contribution is 7.89. The molecular formula is C13H21N3O3S. The summed E-state index contributed by atoms with van der Waals surface area (Å²) in [5.41, 5.74) is 0. The molecule has 1 aliphatic heterocycles. The van der Waals surface area contributed by atoms with Gasteiger partial charge in [-0.15, -0.1) is 0 Å². The zero-order valence-electron chi connectivity index (χ0n) is 11.5. The van der Waals surface area contributed by atoms with Crippen molar-refractivity contribution < 1.29 is 13.5 Å². The van der Waals surface area contributed by atoms with E-state index in [4.69, 9.17) is 5.11 Å². The second-order valence-electron chi connectivity index (χ2n) is 5.68. The number of fused-ring (bicyclic) bond motifs is 1. The fourth-order valence-corrected chi connectivity index (χ4v) is 5.19. The molecule has 1 aliphatic carbocycles. The summed E-state index contributed by atoms with van der Waals surface area (Å²) in [5.74, 6) is 0.533. The van der Waals surface area contributed by atoms with Gasteiger partial charge in [-0.2, -0.15) is 9.40 Å². The summed E-state index contributed by atoms with van der Waals surface area (Å²) in [6.07, 6.45) is 8.37. The van der Waals surface area contributed by atoms with Crippen LogP contribution in [0.25, 0.3) is 0 Å². The molecule has 1 saturated carbocycles. The second kappa shape index (κ2) is 5.46. The van der Waals surface area contributed by atoms with Crippen molar-refractivity contribution in [3.63, 3.8) is 0 Å². The molecule has 0 amide bonds. The van der Waals surface area contributed by atoms with E-state index in [2.05, 4.69) is 5.10 Å². The molecular weight excluding hydrogens is 278 g/mol. The zero-order valence-corrected chi connectivity index (χ0v) is 12.3. The minimum absolute atomic E-state index is 0.0461. The van der Waals surface area contributed by atoms with Crippen LogP contribution in [-0.4, -0.2) is 46.8 Å². The van der Waals surface area contributed by atoms with Crippen LogP contribution < -0.4 is 0 Å². The Morgan fingerprint density at radius 1 is 1.30 bits per heavy atom. The van der Waals surface area contributed by atoms with Gasteiger partial charge in [0, 0.05) is 18.8 Å². The van der Waals surface area contributed by atoms with Crippen LogP contribution in [0.15, 0.2) is 17.3 Å². The number of hydrogen-bond donors (Lipinski definition) is 1. The van der Waals surface area contributed by atoms with Gasteiger partial charge < -0.3 is 5.11 Å². The van der Waals surface area contributed by atoms with Gasteiger partial charge in [0.05, 0.1) is 19.3 Å². The third kappa shape index (κ3) is 2.38. The van der Waals surface area contributed by atoms with Crippen LogP contribution in [0.2, 0.25) is 0 Å². The Kier molecular flexibility index (Phi) is 3.83. The lowest BCUT2D eigenvalue weighted by Crippen LogP contribution is -2.39. The van der Waals surface area contributed by atoms with E-state index in [1.807, 2.05) is 0 Å². The second-order valence-corrected chi connectivity index (χ2v) is 7.57. The van der Waals surface area contributed by atoms with Crippen LogP contribution in [0.3, 0.4) is 0 Å². The number of aromatic nitrogens is 2. The highest BCUT2D eigenvalue weighted by Crippen LogP contribution is 2.38. The van der Waals surface area contributed by atoms with Gasteiger partial charge in [0.2, 0.25) is 10.0 Å². The van der Waals surface area contributed by atoms with Crippen LogP contribution >= 0.6 is 0 Å². The lowest BCUT2D eigenvalue weighted by molar-refractivity contribution is 0.260. The number of rotatable bonds is 4. The average molecular weight is 299 g/mol. The zero-order chi connectivity index (χ0) is 14.2. The molecule has 112 valence electrons.